The van der Waals surface area contributed by atoms with Crippen molar-refractivity contribution >= 4 is 0 Å². The molecular weight excluding hydrogens is 214 g/mol. The molecule has 17 heavy (non-hydrogen) atoms. The number of aliphatic hydroxyl groups is 1. The van der Waals surface area contributed by atoms with E-state index < -0.39 is 0 Å². The van der Waals surface area contributed by atoms with Crippen LogP contribution in [-0.4, -0.2) is 17.3 Å². The van der Waals surface area contributed by atoms with E-state index in [2.05, 4.69) is 12.2 Å². The molecular formula is C14H23NO2. The summed E-state index contributed by atoms with van der Waals surface area (Å²) in [4.78, 5) is 0. The fourth-order valence-electron chi connectivity index (χ4n) is 2.57. The number of aliphatic hydroxyl groups excluding tert-OH is 1. The minimum Gasteiger partial charge on any atom is -0.465 e. The van der Waals surface area contributed by atoms with Crippen molar-refractivity contribution in [1.29, 1.82) is 0 Å². The topological polar surface area (TPSA) is 45.4 Å². The van der Waals surface area contributed by atoms with Gasteiger partial charge < -0.3 is 14.8 Å². The molecule has 0 saturated heterocycles. The Hall–Kier alpha value is -0.800. The van der Waals surface area contributed by atoms with Crippen molar-refractivity contribution in [1.82, 2.24) is 5.32 Å². The zero-order chi connectivity index (χ0) is 12.3. The molecule has 1 aliphatic carbocycles. The molecule has 1 saturated carbocycles. The van der Waals surface area contributed by atoms with E-state index >= 15 is 0 Å². The normalized spacial score (nSPS) is 27.7. The van der Waals surface area contributed by atoms with Crippen LogP contribution in [0.2, 0.25) is 0 Å². The minimum absolute atomic E-state index is 0.168. The van der Waals surface area contributed by atoms with Gasteiger partial charge in [0, 0.05) is 6.04 Å². The summed E-state index contributed by atoms with van der Waals surface area (Å²) in [6.45, 7) is 4.05. The average Bonchev–Trinajstić information content (AvgIpc) is 2.63. The Balaban J connectivity index is 1.94. The Kier molecular flexibility index (Phi) is 4.24. The molecule has 0 amide bonds. The standard InChI is InChI=1S/C14H23NO2/c1-10-8-9-14(17-10)11(2)15-12-6-4-3-5-7-13(12)16/h8-9,11-13,15-16H,3-7H2,1-2H3. The van der Waals surface area contributed by atoms with Gasteiger partial charge in [-0.15, -0.1) is 0 Å². The molecule has 3 unspecified atom stereocenters. The first kappa shape index (κ1) is 12.7. The average molecular weight is 237 g/mol. The molecule has 0 bridgehead atoms. The second-order valence-corrected chi connectivity index (χ2v) is 5.15. The molecule has 0 aliphatic heterocycles. The van der Waals surface area contributed by atoms with Gasteiger partial charge in [0.15, 0.2) is 0 Å². The molecule has 96 valence electrons. The van der Waals surface area contributed by atoms with Crippen LogP contribution in [0.4, 0.5) is 0 Å². The van der Waals surface area contributed by atoms with Gasteiger partial charge in [-0.25, -0.2) is 0 Å². The predicted octanol–water partition coefficient (Wildman–Crippen LogP) is 2.93. The van der Waals surface area contributed by atoms with Crippen molar-refractivity contribution in [2.24, 2.45) is 0 Å². The Labute approximate surface area is 103 Å². The molecule has 3 atom stereocenters. The van der Waals surface area contributed by atoms with E-state index in [1.165, 1.54) is 12.8 Å². The van der Waals surface area contributed by atoms with E-state index in [1.807, 2.05) is 19.1 Å². The van der Waals surface area contributed by atoms with E-state index in [0.717, 1.165) is 30.8 Å². The van der Waals surface area contributed by atoms with Gasteiger partial charge in [0.1, 0.15) is 11.5 Å². The maximum Gasteiger partial charge on any atom is 0.120 e. The lowest BCUT2D eigenvalue weighted by atomic mass is 10.0. The highest BCUT2D eigenvalue weighted by atomic mass is 16.3. The largest absolute Gasteiger partial charge is 0.465 e. The zero-order valence-electron chi connectivity index (χ0n) is 10.8. The first-order valence-electron chi connectivity index (χ1n) is 6.67. The fourth-order valence-corrected chi connectivity index (χ4v) is 2.57. The first-order valence-corrected chi connectivity index (χ1v) is 6.67. The number of hydrogen-bond acceptors (Lipinski definition) is 3. The molecule has 2 rings (SSSR count). The van der Waals surface area contributed by atoms with Crippen LogP contribution in [0, 0.1) is 6.92 Å². The third-order valence-electron chi connectivity index (χ3n) is 3.63. The molecule has 3 nitrogen and oxygen atoms in total. The first-order chi connectivity index (χ1) is 8.16. The number of aryl methyl sites for hydroxylation is 1. The highest BCUT2D eigenvalue weighted by Gasteiger charge is 2.23. The Morgan fingerprint density at radius 1 is 1.29 bits per heavy atom. The minimum atomic E-state index is -0.212. The Morgan fingerprint density at radius 3 is 2.76 bits per heavy atom. The summed E-state index contributed by atoms with van der Waals surface area (Å²) < 4.78 is 5.61. The van der Waals surface area contributed by atoms with Gasteiger partial charge in [-0.2, -0.15) is 0 Å². The summed E-state index contributed by atoms with van der Waals surface area (Å²) >= 11 is 0. The summed E-state index contributed by atoms with van der Waals surface area (Å²) in [5.74, 6) is 1.90. The molecule has 0 spiro atoms. The van der Waals surface area contributed by atoms with Gasteiger partial charge >= 0.3 is 0 Å². The number of hydrogen-bond donors (Lipinski definition) is 2. The lowest BCUT2D eigenvalue weighted by Gasteiger charge is -2.25. The van der Waals surface area contributed by atoms with Crippen LogP contribution in [0.5, 0.6) is 0 Å². The number of furan rings is 1. The molecule has 0 radical (unpaired) electrons. The molecule has 1 fully saturated rings. The Bertz CT molecular complexity index is 348. The van der Waals surface area contributed by atoms with Crippen LogP contribution >= 0.6 is 0 Å². The van der Waals surface area contributed by atoms with Crippen LogP contribution in [0.15, 0.2) is 16.5 Å². The summed E-state index contributed by atoms with van der Waals surface area (Å²) in [5, 5.41) is 13.6. The van der Waals surface area contributed by atoms with Crippen LogP contribution in [-0.2, 0) is 0 Å². The molecule has 1 aromatic rings. The van der Waals surface area contributed by atoms with E-state index in [1.54, 1.807) is 0 Å². The van der Waals surface area contributed by atoms with Crippen molar-refractivity contribution in [3.8, 4) is 0 Å². The van der Waals surface area contributed by atoms with Crippen molar-refractivity contribution in [3.63, 3.8) is 0 Å². The van der Waals surface area contributed by atoms with Gasteiger partial charge in [-0.05, 0) is 38.8 Å². The molecule has 1 aliphatic rings. The third-order valence-corrected chi connectivity index (χ3v) is 3.63. The molecule has 1 heterocycles. The second kappa shape index (κ2) is 5.69. The van der Waals surface area contributed by atoms with Crippen LogP contribution in [0.1, 0.15) is 56.6 Å². The summed E-state index contributed by atoms with van der Waals surface area (Å²) in [5.41, 5.74) is 0. The maximum absolute atomic E-state index is 10.1. The van der Waals surface area contributed by atoms with Gasteiger partial charge in [0.05, 0.1) is 12.1 Å². The smallest absolute Gasteiger partial charge is 0.120 e. The zero-order valence-corrected chi connectivity index (χ0v) is 10.8. The van der Waals surface area contributed by atoms with Gasteiger partial charge in [-0.1, -0.05) is 19.3 Å². The van der Waals surface area contributed by atoms with Gasteiger partial charge in [0.25, 0.3) is 0 Å². The highest BCUT2D eigenvalue weighted by molar-refractivity contribution is 5.09. The van der Waals surface area contributed by atoms with Crippen LogP contribution in [0.25, 0.3) is 0 Å². The van der Waals surface area contributed by atoms with E-state index in [-0.39, 0.29) is 18.2 Å². The number of nitrogens with one attached hydrogen (secondary N) is 1. The van der Waals surface area contributed by atoms with Crippen LogP contribution < -0.4 is 5.32 Å². The van der Waals surface area contributed by atoms with Crippen molar-refractivity contribution in [2.45, 2.75) is 64.1 Å². The number of rotatable bonds is 3. The maximum atomic E-state index is 10.1. The third kappa shape index (κ3) is 3.33. The van der Waals surface area contributed by atoms with Crippen molar-refractivity contribution in [3.05, 3.63) is 23.7 Å². The fraction of sp³-hybridized carbons (Fsp3) is 0.714. The quantitative estimate of drug-likeness (QED) is 0.794. The highest BCUT2D eigenvalue weighted by Crippen LogP contribution is 2.22. The van der Waals surface area contributed by atoms with E-state index in [4.69, 9.17) is 4.42 Å². The van der Waals surface area contributed by atoms with Gasteiger partial charge in [-0.3, -0.25) is 0 Å². The van der Waals surface area contributed by atoms with Crippen LogP contribution in [0.3, 0.4) is 0 Å². The monoisotopic (exact) mass is 237 g/mol. The summed E-state index contributed by atoms with van der Waals surface area (Å²) in [6, 6.07) is 4.37. The summed E-state index contributed by atoms with van der Waals surface area (Å²) in [6.07, 6.45) is 5.36. The lowest BCUT2D eigenvalue weighted by Crippen LogP contribution is -2.40. The predicted molar refractivity (Wildman–Crippen MR) is 67.9 cm³/mol. The Morgan fingerprint density at radius 2 is 2.06 bits per heavy atom. The van der Waals surface area contributed by atoms with Crippen molar-refractivity contribution in [2.75, 3.05) is 0 Å². The SMILES string of the molecule is Cc1ccc(C(C)NC2CCCCCC2O)o1. The summed E-state index contributed by atoms with van der Waals surface area (Å²) in [7, 11) is 0. The molecule has 0 aromatic carbocycles. The van der Waals surface area contributed by atoms with Crippen molar-refractivity contribution < 1.29 is 9.52 Å². The lowest BCUT2D eigenvalue weighted by molar-refractivity contribution is 0.113. The van der Waals surface area contributed by atoms with E-state index in [9.17, 15) is 5.11 Å². The van der Waals surface area contributed by atoms with E-state index in [0.29, 0.717) is 0 Å². The molecule has 2 N–H and O–H groups in total. The molecule has 3 heteroatoms. The van der Waals surface area contributed by atoms with Gasteiger partial charge in [0.2, 0.25) is 0 Å². The molecule has 1 aromatic heterocycles. The second-order valence-electron chi connectivity index (χ2n) is 5.15.